The Bertz CT molecular complexity index is 417. The number of nitrogens with zero attached hydrogens (tertiary/aromatic N) is 1. The van der Waals surface area contributed by atoms with Crippen molar-refractivity contribution in [2.24, 2.45) is 11.8 Å². The molecule has 0 radical (unpaired) electrons. The molecule has 1 N–H and O–H groups in total. The molecule has 2 nitrogen and oxygen atoms in total. The minimum atomic E-state index is 0.442. The molecule has 0 bridgehead atoms. The third-order valence-electron chi connectivity index (χ3n) is 4.66. The molecule has 1 heterocycles. The largest absolute Gasteiger partial charge is 0.312 e. The molecule has 1 aromatic carbocycles. The van der Waals surface area contributed by atoms with Crippen LogP contribution in [-0.2, 0) is 0 Å². The van der Waals surface area contributed by atoms with Gasteiger partial charge in [0.25, 0.3) is 0 Å². The molecule has 1 aromatic rings. The molecule has 1 aliphatic rings. The maximum absolute atomic E-state index is 3.50. The van der Waals surface area contributed by atoms with Gasteiger partial charge < -0.3 is 10.2 Å². The summed E-state index contributed by atoms with van der Waals surface area (Å²) < 4.78 is 0. The molecular formula is C17H28N2. The second-order valence-electron chi connectivity index (χ2n) is 6.37. The van der Waals surface area contributed by atoms with Crippen molar-refractivity contribution < 1.29 is 0 Å². The molecule has 0 aliphatic carbocycles. The van der Waals surface area contributed by atoms with Gasteiger partial charge in [-0.2, -0.15) is 0 Å². The summed E-state index contributed by atoms with van der Waals surface area (Å²) in [5, 5.41) is 3.50. The van der Waals surface area contributed by atoms with Crippen LogP contribution in [0.3, 0.4) is 0 Å². The van der Waals surface area contributed by atoms with Gasteiger partial charge >= 0.3 is 0 Å². The van der Waals surface area contributed by atoms with E-state index in [9.17, 15) is 0 Å². The van der Waals surface area contributed by atoms with Crippen molar-refractivity contribution in [1.29, 1.82) is 0 Å². The Morgan fingerprint density at radius 2 is 1.84 bits per heavy atom. The van der Waals surface area contributed by atoms with Crippen LogP contribution in [0.2, 0.25) is 0 Å². The molecule has 106 valence electrons. The van der Waals surface area contributed by atoms with Gasteiger partial charge in [0, 0.05) is 25.7 Å². The van der Waals surface area contributed by atoms with E-state index in [0.29, 0.717) is 6.04 Å². The highest BCUT2D eigenvalue weighted by molar-refractivity contribution is 5.33. The van der Waals surface area contributed by atoms with E-state index in [2.05, 4.69) is 63.2 Å². The Hall–Kier alpha value is -0.860. The SMILES string of the molecule is CNC(CN1CC(C)C(C)C1)c1cc(C)ccc1C. The summed E-state index contributed by atoms with van der Waals surface area (Å²) >= 11 is 0. The molecule has 1 saturated heterocycles. The van der Waals surface area contributed by atoms with Gasteiger partial charge in [0.15, 0.2) is 0 Å². The fourth-order valence-corrected chi connectivity index (χ4v) is 3.14. The second-order valence-corrected chi connectivity index (χ2v) is 6.37. The van der Waals surface area contributed by atoms with Crippen molar-refractivity contribution in [2.45, 2.75) is 33.7 Å². The number of likely N-dealkylation sites (N-methyl/N-ethyl adjacent to an activating group) is 1. The van der Waals surface area contributed by atoms with E-state index in [-0.39, 0.29) is 0 Å². The Balaban J connectivity index is 2.10. The fraction of sp³-hybridized carbons (Fsp3) is 0.647. The van der Waals surface area contributed by atoms with Crippen LogP contribution in [0.5, 0.6) is 0 Å². The molecule has 0 saturated carbocycles. The quantitative estimate of drug-likeness (QED) is 0.894. The van der Waals surface area contributed by atoms with E-state index in [1.165, 1.54) is 29.8 Å². The van der Waals surface area contributed by atoms with Crippen LogP contribution in [0.25, 0.3) is 0 Å². The van der Waals surface area contributed by atoms with Gasteiger partial charge in [-0.3, -0.25) is 0 Å². The van der Waals surface area contributed by atoms with Crippen LogP contribution in [0.15, 0.2) is 18.2 Å². The first-order valence-corrected chi connectivity index (χ1v) is 7.48. The standard InChI is InChI=1S/C17H28N2/c1-12-6-7-13(2)16(8-12)17(18-5)11-19-9-14(3)15(4)10-19/h6-8,14-15,17-18H,9-11H2,1-5H3. The van der Waals surface area contributed by atoms with Crippen LogP contribution in [0.1, 0.15) is 36.6 Å². The maximum atomic E-state index is 3.50. The first-order valence-electron chi connectivity index (χ1n) is 7.48. The van der Waals surface area contributed by atoms with Gasteiger partial charge in [0.05, 0.1) is 0 Å². The number of hydrogen-bond acceptors (Lipinski definition) is 2. The Kier molecular flexibility index (Phi) is 4.64. The normalized spacial score (nSPS) is 25.7. The summed E-state index contributed by atoms with van der Waals surface area (Å²) in [6.07, 6.45) is 0. The zero-order chi connectivity index (χ0) is 14.0. The molecule has 2 heteroatoms. The molecule has 19 heavy (non-hydrogen) atoms. The van der Waals surface area contributed by atoms with Gasteiger partial charge in [-0.05, 0) is 43.9 Å². The van der Waals surface area contributed by atoms with Crippen molar-refractivity contribution in [3.8, 4) is 0 Å². The zero-order valence-corrected chi connectivity index (χ0v) is 13.0. The maximum Gasteiger partial charge on any atom is 0.0449 e. The summed E-state index contributed by atoms with van der Waals surface area (Å²) in [6, 6.07) is 7.22. The van der Waals surface area contributed by atoms with Gasteiger partial charge in [-0.1, -0.05) is 37.6 Å². The van der Waals surface area contributed by atoms with Gasteiger partial charge in [0.1, 0.15) is 0 Å². The lowest BCUT2D eigenvalue weighted by Crippen LogP contribution is -2.33. The number of nitrogens with one attached hydrogen (secondary N) is 1. The number of rotatable bonds is 4. The molecule has 1 fully saturated rings. The smallest absolute Gasteiger partial charge is 0.0449 e. The lowest BCUT2D eigenvalue weighted by Gasteiger charge is -2.25. The minimum absolute atomic E-state index is 0.442. The average Bonchev–Trinajstić information content (AvgIpc) is 2.69. The molecular weight excluding hydrogens is 232 g/mol. The summed E-state index contributed by atoms with van der Waals surface area (Å²) in [5.74, 6) is 1.66. The van der Waals surface area contributed by atoms with Crippen molar-refractivity contribution in [1.82, 2.24) is 10.2 Å². The van der Waals surface area contributed by atoms with Crippen LogP contribution < -0.4 is 5.32 Å². The Morgan fingerprint density at radius 3 is 2.42 bits per heavy atom. The predicted molar refractivity (Wildman–Crippen MR) is 82.5 cm³/mol. The van der Waals surface area contributed by atoms with E-state index in [1.807, 2.05) is 0 Å². The van der Waals surface area contributed by atoms with Crippen LogP contribution in [-0.4, -0.2) is 31.6 Å². The molecule has 3 atom stereocenters. The van der Waals surface area contributed by atoms with Crippen molar-refractivity contribution >= 4 is 0 Å². The average molecular weight is 260 g/mol. The molecule has 0 aromatic heterocycles. The predicted octanol–water partition coefficient (Wildman–Crippen LogP) is 3.15. The lowest BCUT2D eigenvalue weighted by molar-refractivity contribution is 0.287. The summed E-state index contributed by atoms with van der Waals surface area (Å²) in [4.78, 5) is 2.61. The third-order valence-corrected chi connectivity index (χ3v) is 4.66. The van der Waals surface area contributed by atoms with E-state index < -0.39 is 0 Å². The van der Waals surface area contributed by atoms with Gasteiger partial charge in [0.2, 0.25) is 0 Å². The van der Waals surface area contributed by atoms with Crippen molar-refractivity contribution in [3.63, 3.8) is 0 Å². The first-order chi connectivity index (χ1) is 9.01. The number of hydrogen-bond donors (Lipinski definition) is 1. The number of aryl methyl sites for hydroxylation is 2. The molecule has 0 spiro atoms. The monoisotopic (exact) mass is 260 g/mol. The fourth-order valence-electron chi connectivity index (χ4n) is 3.14. The second kappa shape index (κ2) is 6.06. The number of likely N-dealkylation sites (tertiary alicyclic amines) is 1. The highest BCUT2D eigenvalue weighted by Crippen LogP contribution is 2.26. The van der Waals surface area contributed by atoms with E-state index in [0.717, 1.165) is 18.4 Å². The van der Waals surface area contributed by atoms with E-state index in [1.54, 1.807) is 0 Å². The highest BCUT2D eigenvalue weighted by atomic mass is 15.2. The van der Waals surface area contributed by atoms with Crippen molar-refractivity contribution in [2.75, 3.05) is 26.7 Å². The Morgan fingerprint density at radius 1 is 1.21 bits per heavy atom. The van der Waals surface area contributed by atoms with Crippen LogP contribution in [0, 0.1) is 25.7 Å². The molecule has 0 amide bonds. The first kappa shape index (κ1) is 14.5. The Labute approximate surface area is 118 Å². The van der Waals surface area contributed by atoms with Gasteiger partial charge in [-0.15, -0.1) is 0 Å². The van der Waals surface area contributed by atoms with Crippen LogP contribution in [0.4, 0.5) is 0 Å². The minimum Gasteiger partial charge on any atom is -0.312 e. The van der Waals surface area contributed by atoms with Crippen molar-refractivity contribution in [3.05, 3.63) is 34.9 Å². The third kappa shape index (κ3) is 3.37. The molecule has 1 aliphatic heterocycles. The molecule has 2 rings (SSSR count). The van der Waals surface area contributed by atoms with E-state index >= 15 is 0 Å². The van der Waals surface area contributed by atoms with E-state index in [4.69, 9.17) is 0 Å². The lowest BCUT2D eigenvalue weighted by atomic mass is 9.98. The molecule has 3 unspecified atom stereocenters. The van der Waals surface area contributed by atoms with Crippen LogP contribution >= 0.6 is 0 Å². The highest BCUT2D eigenvalue weighted by Gasteiger charge is 2.27. The van der Waals surface area contributed by atoms with Gasteiger partial charge in [-0.25, -0.2) is 0 Å². The summed E-state index contributed by atoms with van der Waals surface area (Å²) in [7, 11) is 2.08. The zero-order valence-electron chi connectivity index (χ0n) is 13.0. The summed E-state index contributed by atoms with van der Waals surface area (Å²) in [5.41, 5.74) is 4.20. The topological polar surface area (TPSA) is 15.3 Å². The summed E-state index contributed by atoms with van der Waals surface area (Å²) in [6.45, 7) is 12.7. The number of benzene rings is 1.